The predicted molar refractivity (Wildman–Crippen MR) is 87.3 cm³/mol. The van der Waals surface area contributed by atoms with Crippen LogP contribution in [-0.2, 0) is 22.0 Å². The molecule has 0 bridgehead atoms. The van der Waals surface area contributed by atoms with Gasteiger partial charge in [-0.3, -0.25) is 10.1 Å². The Morgan fingerprint density at radius 1 is 1.09 bits per heavy atom. The number of methoxy groups -OCH3 is 1. The molecule has 2 aromatic rings. The first-order valence-corrected chi connectivity index (χ1v) is 8.79. The first-order chi connectivity index (χ1) is 10.9. The molecule has 0 aromatic heterocycles. The summed E-state index contributed by atoms with van der Waals surface area (Å²) in [7, 11) is -2.03. The highest BCUT2D eigenvalue weighted by molar-refractivity contribution is 7.90. The normalized spacial score (nSPS) is 11.2. The average molecular weight is 335 g/mol. The molecule has 0 aliphatic rings. The van der Waals surface area contributed by atoms with E-state index in [0.717, 1.165) is 5.56 Å². The lowest BCUT2D eigenvalue weighted by molar-refractivity contribution is -0.385. The first-order valence-electron chi connectivity index (χ1n) is 6.97. The zero-order valence-corrected chi connectivity index (χ0v) is 13.5. The van der Waals surface area contributed by atoms with Crippen molar-refractivity contribution in [2.45, 2.75) is 12.2 Å². The molecule has 6 nitrogen and oxygen atoms in total. The summed E-state index contributed by atoms with van der Waals surface area (Å²) in [6.07, 6.45) is 0.418. The van der Waals surface area contributed by atoms with Crippen LogP contribution >= 0.6 is 0 Å². The number of nitrogens with zero attached hydrogens (tertiary/aromatic N) is 1. The van der Waals surface area contributed by atoms with E-state index < -0.39 is 14.8 Å². The molecule has 0 N–H and O–H groups in total. The molecule has 23 heavy (non-hydrogen) atoms. The third-order valence-electron chi connectivity index (χ3n) is 3.37. The maximum atomic E-state index is 12.2. The van der Waals surface area contributed by atoms with E-state index in [1.54, 1.807) is 0 Å². The Morgan fingerprint density at radius 3 is 2.39 bits per heavy atom. The molecule has 0 spiro atoms. The summed E-state index contributed by atoms with van der Waals surface area (Å²) in [5.41, 5.74) is 1.09. The van der Waals surface area contributed by atoms with Gasteiger partial charge in [-0.2, -0.15) is 0 Å². The Bertz CT molecular complexity index is 787. The van der Waals surface area contributed by atoms with Crippen LogP contribution < -0.4 is 4.74 Å². The number of sulfone groups is 1. The van der Waals surface area contributed by atoms with Gasteiger partial charge in [0.15, 0.2) is 15.6 Å². The minimum Gasteiger partial charge on any atom is -0.490 e. The van der Waals surface area contributed by atoms with E-state index in [9.17, 15) is 18.5 Å². The van der Waals surface area contributed by atoms with Crippen LogP contribution in [0.3, 0.4) is 0 Å². The number of nitro groups is 1. The molecule has 2 aromatic carbocycles. The number of hydrogen-bond acceptors (Lipinski definition) is 5. The molecule has 122 valence electrons. The van der Waals surface area contributed by atoms with Crippen LogP contribution in [0.5, 0.6) is 5.75 Å². The summed E-state index contributed by atoms with van der Waals surface area (Å²) in [6, 6.07) is 13.5. The second-order valence-electron chi connectivity index (χ2n) is 5.09. The average Bonchev–Trinajstić information content (AvgIpc) is 2.53. The molecule has 0 aliphatic carbocycles. The minimum atomic E-state index is -3.36. The molecule has 0 fully saturated rings. The fourth-order valence-electron chi connectivity index (χ4n) is 2.21. The summed E-state index contributed by atoms with van der Waals surface area (Å²) in [4.78, 5) is 10.4. The van der Waals surface area contributed by atoms with Crippen molar-refractivity contribution in [2.75, 3.05) is 12.9 Å². The van der Waals surface area contributed by atoms with E-state index in [4.69, 9.17) is 4.74 Å². The summed E-state index contributed by atoms with van der Waals surface area (Å²) in [5.74, 6) is -0.123. The van der Waals surface area contributed by atoms with Crippen LogP contribution in [0.1, 0.15) is 11.1 Å². The van der Waals surface area contributed by atoms with Gasteiger partial charge in [0.25, 0.3) is 0 Å². The van der Waals surface area contributed by atoms with E-state index in [2.05, 4.69) is 0 Å². The second kappa shape index (κ2) is 7.23. The van der Waals surface area contributed by atoms with Crippen molar-refractivity contribution >= 4 is 15.5 Å². The van der Waals surface area contributed by atoms with Gasteiger partial charge in [-0.1, -0.05) is 36.4 Å². The van der Waals surface area contributed by atoms with Gasteiger partial charge in [0.1, 0.15) is 0 Å². The molecule has 0 aliphatic heterocycles. The Morgan fingerprint density at radius 2 is 1.78 bits per heavy atom. The predicted octanol–water partition coefficient (Wildman–Crippen LogP) is 2.76. The van der Waals surface area contributed by atoms with Crippen molar-refractivity contribution in [3.63, 3.8) is 0 Å². The standard InChI is InChI=1S/C16H17NO5S/c1-22-16-8-7-14(11-15(16)17(18)19)12-23(20,21)10-9-13-5-3-2-4-6-13/h2-8,11H,9-10,12H2,1H3. The molecule has 0 heterocycles. The lowest BCUT2D eigenvalue weighted by Gasteiger charge is -2.07. The monoisotopic (exact) mass is 335 g/mol. The number of rotatable bonds is 7. The maximum Gasteiger partial charge on any atom is 0.311 e. The van der Waals surface area contributed by atoms with Gasteiger partial charge in [-0.15, -0.1) is 0 Å². The van der Waals surface area contributed by atoms with E-state index in [0.29, 0.717) is 12.0 Å². The van der Waals surface area contributed by atoms with Gasteiger partial charge in [0, 0.05) is 6.07 Å². The van der Waals surface area contributed by atoms with Crippen molar-refractivity contribution in [3.05, 3.63) is 69.8 Å². The highest BCUT2D eigenvalue weighted by Crippen LogP contribution is 2.28. The molecule has 0 radical (unpaired) electrons. The van der Waals surface area contributed by atoms with Crippen LogP contribution in [0.2, 0.25) is 0 Å². The number of aryl methyl sites for hydroxylation is 1. The Balaban J connectivity index is 2.11. The number of nitro benzene ring substituents is 1. The number of benzene rings is 2. The molecule has 2 rings (SSSR count). The van der Waals surface area contributed by atoms with Gasteiger partial charge in [0.2, 0.25) is 0 Å². The highest BCUT2D eigenvalue weighted by atomic mass is 32.2. The molecule has 0 atom stereocenters. The largest absolute Gasteiger partial charge is 0.490 e. The summed E-state index contributed by atoms with van der Waals surface area (Å²) in [5, 5.41) is 11.0. The van der Waals surface area contributed by atoms with E-state index in [-0.39, 0.29) is 22.9 Å². The van der Waals surface area contributed by atoms with Crippen LogP contribution in [0, 0.1) is 10.1 Å². The lowest BCUT2D eigenvalue weighted by Crippen LogP contribution is -2.11. The fourth-order valence-corrected chi connectivity index (χ4v) is 3.59. The smallest absolute Gasteiger partial charge is 0.311 e. The Hall–Kier alpha value is -2.41. The molecule has 7 heteroatoms. The zero-order valence-electron chi connectivity index (χ0n) is 12.6. The number of ether oxygens (including phenoxy) is 1. The number of hydrogen-bond donors (Lipinski definition) is 0. The topological polar surface area (TPSA) is 86.5 Å². The molecule has 0 unspecified atom stereocenters. The van der Waals surface area contributed by atoms with Gasteiger partial charge >= 0.3 is 5.69 Å². The summed E-state index contributed by atoms with van der Waals surface area (Å²) < 4.78 is 29.3. The van der Waals surface area contributed by atoms with Crippen LogP contribution in [-0.4, -0.2) is 26.2 Å². The van der Waals surface area contributed by atoms with Crippen molar-refractivity contribution in [2.24, 2.45) is 0 Å². The molecule has 0 saturated carbocycles. The Labute approximate surface area is 134 Å². The second-order valence-corrected chi connectivity index (χ2v) is 7.28. The minimum absolute atomic E-state index is 0.00313. The SMILES string of the molecule is COc1ccc(CS(=O)(=O)CCc2ccccc2)cc1[N+](=O)[O-]. The third-order valence-corrected chi connectivity index (χ3v) is 4.97. The third kappa shape index (κ3) is 4.79. The molecule has 0 amide bonds. The van der Waals surface area contributed by atoms with Crippen LogP contribution in [0.25, 0.3) is 0 Å². The van der Waals surface area contributed by atoms with Gasteiger partial charge in [0.05, 0.1) is 23.5 Å². The molecular formula is C16H17NO5S. The fraction of sp³-hybridized carbons (Fsp3) is 0.250. The Kier molecular flexibility index (Phi) is 5.33. The lowest BCUT2D eigenvalue weighted by atomic mass is 10.2. The van der Waals surface area contributed by atoms with Crippen LogP contribution in [0.4, 0.5) is 5.69 Å². The zero-order chi connectivity index (χ0) is 16.9. The molecule has 0 saturated heterocycles. The van der Waals surface area contributed by atoms with Crippen LogP contribution in [0.15, 0.2) is 48.5 Å². The van der Waals surface area contributed by atoms with Crippen molar-refractivity contribution < 1.29 is 18.1 Å². The quantitative estimate of drug-likeness (QED) is 0.573. The van der Waals surface area contributed by atoms with Gasteiger partial charge in [-0.05, 0) is 23.6 Å². The summed E-state index contributed by atoms with van der Waals surface area (Å²) >= 11 is 0. The van der Waals surface area contributed by atoms with Crippen molar-refractivity contribution in [1.29, 1.82) is 0 Å². The van der Waals surface area contributed by atoms with Gasteiger partial charge in [-0.25, -0.2) is 8.42 Å². The van der Waals surface area contributed by atoms with E-state index in [1.807, 2.05) is 30.3 Å². The van der Waals surface area contributed by atoms with E-state index >= 15 is 0 Å². The maximum absolute atomic E-state index is 12.2. The summed E-state index contributed by atoms with van der Waals surface area (Å²) in [6.45, 7) is 0. The molecular weight excluding hydrogens is 318 g/mol. The van der Waals surface area contributed by atoms with Gasteiger partial charge < -0.3 is 4.74 Å². The first kappa shape index (κ1) is 17.0. The van der Waals surface area contributed by atoms with Crippen molar-refractivity contribution in [1.82, 2.24) is 0 Å². The van der Waals surface area contributed by atoms with E-state index in [1.165, 1.54) is 25.3 Å². The van der Waals surface area contributed by atoms with Crippen molar-refractivity contribution in [3.8, 4) is 5.75 Å². The highest BCUT2D eigenvalue weighted by Gasteiger charge is 2.18.